The fourth-order valence-corrected chi connectivity index (χ4v) is 9.17. The molecule has 0 bridgehead atoms. The second kappa shape index (κ2) is 19.6. The lowest BCUT2D eigenvalue weighted by Gasteiger charge is -2.45. The van der Waals surface area contributed by atoms with Crippen molar-refractivity contribution in [1.29, 1.82) is 0 Å². The number of hydrogen-bond acceptors (Lipinski definition) is 9. The summed E-state index contributed by atoms with van der Waals surface area (Å²) in [5, 5.41) is 0. The van der Waals surface area contributed by atoms with Crippen molar-refractivity contribution >= 4 is 23.9 Å². The summed E-state index contributed by atoms with van der Waals surface area (Å²) in [5.41, 5.74) is 9.08. The molecule has 8 rings (SSSR count). The van der Waals surface area contributed by atoms with Crippen molar-refractivity contribution in [2.45, 2.75) is 94.1 Å². The minimum Gasteiger partial charge on any atom is -0.452 e. The monoisotopic (exact) mass is 848 g/mol. The summed E-state index contributed by atoms with van der Waals surface area (Å²) < 4.78 is 38.8. The molecule has 1 aliphatic heterocycles. The number of carbonyl (C=O) groups excluding carboxylic acids is 2. The fourth-order valence-electron chi connectivity index (χ4n) is 7.92. The van der Waals surface area contributed by atoms with Crippen LogP contribution in [-0.4, -0.2) is 48.6 Å². The summed E-state index contributed by atoms with van der Waals surface area (Å²) in [5.74, 6) is -0.558. The molecule has 1 heterocycles. The molecular formula is C53H52O8S. The quantitative estimate of drug-likeness (QED) is 0.0992. The van der Waals surface area contributed by atoms with Gasteiger partial charge in [0.25, 0.3) is 0 Å². The molecule has 6 aromatic rings. The number of benzene rings is 6. The highest BCUT2D eigenvalue weighted by Crippen LogP contribution is 2.41. The van der Waals surface area contributed by atoms with Gasteiger partial charge in [0.1, 0.15) is 24.3 Å². The number of rotatable bonds is 14. The Morgan fingerprint density at radius 1 is 0.677 bits per heavy atom. The maximum Gasteiger partial charge on any atom is 0.509 e. The largest absolute Gasteiger partial charge is 0.509 e. The topological polar surface area (TPSA) is 89.5 Å². The Balaban J connectivity index is 1.13. The van der Waals surface area contributed by atoms with Crippen molar-refractivity contribution < 1.29 is 38.0 Å². The molecule has 9 heteroatoms. The van der Waals surface area contributed by atoms with E-state index in [1.807, 2.05) is 91.0 Å². The van der Waals surface area contributed by atoms with E-state index in [-0.39, 0.29) is 25.2 Å². The number of carbonyl (C=O) groups is 2. The maximum absolute atomic E-state index is 14.1. The Labute approximate surface area is 368 Å². The van der Waals surface area contributed by atoms with Gasteiger partial charge in [0.05, 0.1) is 25.4 Å². The van der Waals surface area contributed by atoms with Crippen molar-refractivity contribution in [3.8, 4) is 11.1 Å². The molecule has 0 spiro atoms. The lowest BCUT2D eigenvalue weighted by atomic mass is 9.87. The van der Waals surface area contributed by atoms with Crippen molar-refractivity contribution in [1.82, 2.24) is 0 Å². The zero-order chi connectivity index (χ0) is 43.1. The minimum absolute atomic E-state index is 0.00256. The van der Waals surface area contributed by atoms with E-state index in [1.165, 1.54) is 22.9 Å². The van der Waals surface area contributed by atoms with Gasteiger partial charge in [-0.3, -0.25) is 0 Å². The molecule has 0 unspecified atom stereocenters. The number of aryl methyl sites for hydroxylation is 1. The average molecular weight is 849 g/mol. The molecular weight excluding hydrogens is 797 g/mol. The molecule has 1 aliphatic carbocycles. The zero-order valence-corrected chi connectivity index (χ0v) is 36.3. The molecule has 8 nitrogen and oxygen atoms in total. The normalized spacial score (nSPS) is 19.3. The SMILES string of the molecule is Cc1ccc(C(C)(C)C)cc1S[C@@H]1O[C@H](COCc2ccccc2)[C@@H](OC(=O)OCc2cccc3c2Cc2ccccc2-3)[C@H](OCc2ccccc2)[C@H]1OC(=O)c1ccccc1. The average Bonchev–Trinajstić information content (AvgIpc) is 3.67. The first kappa shape index (κ1) is 43.0. The molecule has 1 fully saturated rings. The van der Waals surface area contributed by atoms with Gasteiger partial charge in [0.15, 0.2) is 12.2 Å². The lowest BCUT2D eigenvalue weighted by molar-refractivity contribution is -0.230. The maximum atomic E-state index is 14.1. The molecule has 62 heavy (non-hydrogen) atoms. The molecule has 1 saturated heterocycles. The van der Waals surface area contributed by atoms with Crippen molar-refractivity contribution in [3.05, 3.63) is 196 Å². The van der Waals surface area contributed by atoms with E-state index in [2.05, 4.69) is 64.1 Å². The highest BCUT2D eigenvalue weighted by atomic mass is 32.2. The van der Waals surface area contributed by atoms with Crippen molar-refractivity contribution in [3.63, 3.8) is 0 Å². The molecule has 0 saturated carbocycles. The first-order valence-electron chi connectivity index (χ1n) is 21.1. The summed E-state index contributed by atoms with van der Waals surface area (Å²) in [4.78, 5) is 29.1. The Morgan fingerprint density at radius 2 is 1.34 bits per heavy atom. The molecule has 6 aromatic carbocycles. The molecule has 2 aliphatic rings. The van der Waals surface area contributed by atoms with Crippen LogP contribution in [0, 0.1) is 6.92 Å². The Kier molecular flexibility index (Phi) is 13.5. The first-order valence-corrected chi connectivity index (χ1v) is 22.0. The summed E-state index contributed by atoms with van der Waals surface area (Å²) >= 11 is 1.45. The van der Waals surface area contributed by atoms with Gasteiger partial charge >= 0.3 is 12.1 Å². The Morgan fingerprint density at radius 3 is 2.06 bits per heavy atom. The highest BCUT2D eigenvalue weighted by molar-refractivity contribution is 7.99. The second-order valence-electron chi connectivity index (χ2n) is 16.8. The van der Waals surface area contributed by atoms with Crippen LogP contribution in [0.2, 0.25) is 0 Å². The van der Waals surface area contributed by atoms with Crippen molar-refractivity contribution in [2.75, 3.05) is 6.61 Å². The fraction of sp³-hybridized carbons (Fsp3) is 0.283. The second-order valence-corrected chi connectivity index (χ2v) is 17.9. The summed E-state index contributed by atoms with van der Waals surface area (Å²) in [6.45, 7) is 9.05. The van der Waals surface area contributed by atoms with E-state index < -0.39 is 42.0 Å². The van der Waals surface area contributed by atoms with Gasteiger partial charge in [-0.1, -0.05) is 166 Å². The van der Waals surface area contributed by atoms with Crippen LogP contribution in [0.5, 0.6) is 0 Å². The van der Waals surface area contributed by atoms with Crippen molar-refractivity contribution in [2.24, 2.45) is 0 Å². The van der Waals surface area contributed by atoms with Crippen LogP contribution in [0.25, 0.3) is 11.1 Å². The van der Waals surface area contributed by atoms with E-state index in [0.717, 1.165) is 50.3 Å². The van der Waals surface area contributed by atoms with Crippen LogP contribution < -0.4 is 0 Å². The third kappa shape index (κ3) is 10.3. The number of hydrogen-bond donors (Lipinski definition) is 0. The highest BCUT2D eigenvalue weighted by Gasteiger charge is 2.52. The van der Waals surface area contributed by atoms with Gasteiger partial charge < -0.3 is 28.4 Å². The van der Waals surface area contributed by atoms with E-state index in [0.29, 0.717) is 12.2 Å². The van der Waals surface area contributed by atoms with E-state index >= 15 is 0 Å². The van der Waals surface area contributed by atoms with E-state index in [1.54, 1.807) is 24.3 Å². The molecule has 318 valence electrons. The van der Waals surface area contributed by atoms with Crippen LogP contribution >= 0.6 is 11.8 Å². The number of ether oxygens (including phenoxy) is 6. The van der Waals surface area contributed by atoms with Crippen LogP contribution in [0.15, 0.2) is 157 Å². The molecule has 0 radical (unpaired) electrons. The Bertz CT molecular complexity index is 2450. The first-order chi connectivity index (χ1) is 30.1. The molecule has 5 atom stereocenters. The van der Waals surface area contributed by atoms with Crippen LogP contribution in [0.3, 0.4) is 0 Å². The molecule has 0 N–H and O–H groups in total. The third-order valence-corrected chi connectivity index (χ3v) is 12.7. The smallest absolute Gasteiger partial charge is 0.452 e. The van der Waals surface area contributed by atoms with Gasteiger partial charge in [-0.25, -0.2) is 9.59 Å². The third-order valence-electron chi connectivity index (χ3n) is 11.3. The lowest BCUT2D eigenvalue weighted by Crippen LogP contribution is -2.61. The van der Waals surface area contributed by atoms with Gasteiger partial charge in [-0.2, -0.15) is 0 Å². The minimum atomic E-state index is -1.11. The van der Waals surface area contributed by atoms with Gasteiger partial charge in [-0.05, 0) is 87.0 Å². The van der Waals surface area contributed by atoms with Gasteiger partial charge in [0.2, 0.25) is 0 Å². The standard InChI is InChI=1S/C53H52O8S/c1-35-27-28-41(53(2,3)4)30-46(35)62-51-49(60-50(54)38-21-12-7-13-22-38)48(57-32-37-19-10-6-11-20-37)47(45(59-51)34-56-31-36-17-8-5-9-18-36)61-52(55)58-33-40-24-16-26-43-42-25-15-14-23-39(42)29-44(40)43/h5-28,30,45,47-49,51H,29,31-34H2,1-4H3/t45-,47-,48+,49-,51+/m1/s1. The predicted molar refractivity (Wildman–Crippen MR) is 241 cm³/mol. The molecule has 0 aromatic heterocycles. The number of esters is 1. The van der Waals surface area contributed by atoms with Gasteiger partial charge in [-0.15, -0.1) is 0 Å². The predicted octanol–water partition coefficient (Wildman–Crippen LogP) is 11.4. The summed E-state index contributed by atoms with van der Waals surface area (Å²) in [6, 6.07) is 49.2. The van der Waals surface area contributed by atoms with E-state index in [4.69, 9.17) is 28.4 Å². The summed E-state index contributed by atoms with van der Waals surface area (Å²) in [7, 11) is 0. The zero-order valence-electron chi connectivity index (χ0n) is 35.5. The number of fused-ring (bicyclic) bond motifs is 3. The van der Waals surface area contributed by atoms with Crippen LogP contribution in [0.1, 0.15) is 70.1 Å². The number of thioether (sulfide) groups is 1. The van der Waals surface area contributed by atoms with Gasteiger partial charge in [0, 0.05) is 4.90 Å². The summed E-state index contributed by atoms with van der Waals surface area (Å²) in [6.07, 6.45) is -4.17. The van der Waals surface area contributed by atoms with E-state index in [9.17, 15) is 9.59 Å². The molecule has 0 amide bonds. The van der Waals surface area contributed by atoms with Crippen LogP contribution in [-0.2, 0) is 60.1 Å². The Hall–Kier alpha value is -5.71. The van der Waals surface area contributed by atoms with Crippen LogP contribution in [0.4, 0.5) is 4.79 Å².